The summed E-state index contributed by atoms with van der Waals surface area (Å²) in [7, 11) is 0. The number of anilines is 1. The molecule has 0 saturated carbocycles. The fraction of sp³-hybridized carbons (Fsp3) is 0.500. The van der Waals surface area contributed by atoms with Gasteiger partial charge in [0.05, 0.1) is 0 Å². The zero-order valence-corrected chi connectivity index (χ0v) is 9.13. The van der Waals surface area contributed by atoms with Crippen LogP contribution >= 0.6 is 15.9 Å². The number of rotatable bonds is 1. The van der Waals surface area contributed by atoms with E-state index in [1.165, 1.54) is 19.3 Å². The Morgan fingerprint density at radius 3 is 2.54 bits per heavy atom. The van der Waals surface area contributed by atoms with Crippen molar-refractivity contribution in [2.75, 3.05) is 18.0 Å². The van der Waals surface area contributed by atoms with Crippen LogP contribution in [0.3, 0.4) is 0 Å². The van der Waals surface area contributed by atoms with Gasteiger partial charge in [0, 0.05) is 23.8 Å². The highest BCUT2D eigenvalue weighted by atomic mass is 79.9. The van der Waals surface area contributed by atoms with Crippen molar-refractivity contribution in [3.8, 4) is 0 Å². The molecular formula is C10H13BrN2. The fourth-order valence-corrected chi connectivity index (χ4v) is 1.91. The molecule has 0 aromatic carbocycles. The second kappa shape index (κ2) is 4.09. The Kier molecular flexibility index (Phi) is 2.83. The van der Waals surface area contributed by atoms with Crippen molar-refractivity contribution >= 4 is 21.7 Å². The fourth-order valence-electron chi connectivity index (χ4n) is 1.68. The number of piperidine rings is 1. The average Bonchev–Trinajstić information content (AvgIpc) is 2.20. The predicted octanol–water partition coefficient (Wildman–Crippen LogP) is 2.83. The Morgan fingerprint density at radius 1 is 1.15 bits per heavy atom. The minimum atomic E-state index is 1.05. The van der Waals surface area contributed by atoms with Gasteiger partial charge in [0.2, 0.25) is 0 Å². The highest BCUT2D eigenvalue weighted by molar-refractivity contribution is 9.10. The smallest absolute Gasteiger partial charge is 0.128 e. The van der Waals surface area contributed by atoms with E-state index < -0.39 is 0 Å². The second-order valence-corrected chi connectivity index (χ2v) is 4.30. The largest absolute Gasteiger partial charge is 0.357 e. The third-order valence-corrected chi connectivity index (χ3v) is 2.86. The van der Waals surface area contributed by atoms with Gasteiger partial charge in [-0.25, -0.2) is 4.98 Å². The molecule has 0 unspecified atom stereocenters. The molecule has 0 spiro atoms. The average molecular weight is 241 g/mol. The molecule has 0 N–H and O–H groups in total. The molecule has 1 aliphatic heterocycles. The SMILES string of the molecule is Brc1ccc(N2CCCCC2)nc1. The van der Waals surface area contributed by atoms with Crippen molar-refractivity contribution in [1.82, 2.24) is 4.98 Å². The topological polar surface area (TPSA) is 16.1 Å². The first kappa shape index (κ1) is 9.00. The Labute approximate surface area is 87.1 Å². The molecule has 2 rings (SSSR count). The van der Waals surface area contributed by atoms with Crippen molar-refractivity contribution in [1.29, 1.82) is 0 Å². The molecule has 0 aliphatic carbocycles. The van der Waals surface area contributed by atoms with Gasteiger partial charge >= 0.3 is 0 Å². The van der Waals surface area contributed by atoms with Gasteiger partial charge < -0.3 is 4.90 Å². The van der Waals surface area contributed by atoms with E-state index in [9.17, 15) is 0 Å². The van der Waals surface area contributed by atoms with Crippen LogP contribution in [0.5, 0.6) is 0 Å². The Bertz CT molecular complexity index is 265. The number of nitrogens with zero attached hydrogens (tertiary/aromatic N) is 2. The highest BCUT2D eigenvalue weighted by Crippen LogP contribution is 2.18. The van der Waals surface area contributed by atoms with Crippen LogP contribution in [0.2, 0.25) is 0 Å². The van der Waals surface area contributed by atoms with E-state index >= 15 is 0 Å². The molecule has 1 saturated heterocycles. The number of pyridine rings is 1. The Morgan fingerprint density at radius 2 is 1.92 bits per heavy atom. The van der Waals surface area contributed by atoms with E-state index in [1.807, 2.05) is 6.20 Å². The highest BCUT2D eigenvalue weighted by Gasteiger charge is 2.10. The molecule has 3 heteroatoms. The summed E-state index contributed by atoms with van der Waals surface area (Å²) in [6.07, 6.45) is 5.84. The molecule has 2 heterocycles. The first-order chi connectivity index (χ1) is 6.36. The summed E-state index contributed by atoms with van der Waals surface area (Å²) < 4.78 is 1.05. The van der Waals surface area contributed by atoms with Crippen LogP contribution in [0, 0.1) is 0 Å². The van der Waals surface area contributed by atoms with E-state index in [4.69, 9.17) is 0 Å². The van der Waals surface area contributed by atoms with Crippen molar-refractivity contribution in [2.24, 2.45) is 0 Å². The number of hydrogen-bond acceptors (Lipinski definition) is 2. The van der Waals surface area contributed by atoms with Crippen molar-refractivity contribution in [2.45, 2.75) is 19.3 Å². The molecule has 13 heavy (non-hydrogen) atoms. The standard InChI is InChI=1S/C10H13BrN2/c11-9-4-5-10(12-8-9)13-6-2-1-3-7-13/h4-5,8H,1-3,6-7H2. The molecule has 70 valence electrons. The van der Waals surface area contributed by atoms with Gasteiger partial charge in [-0.1, -0.05) is 0 Å². The zero-order valence-electron chi connectivity index (χ0n) is 7.54. The van der Waals surface area contributed by atoms with Gasteiger partial charge in [0.25, 0.3) is 0 Å². The van der Waals surface area contributed by atoms with E-state index in [-0.39, 0.29) is 0 Å². The normalized spacial score (nSPS) is 17.5. The van der Waals surface area contributed by atoms with Gasteiger partial charge in [-0.05, 0) is 47.3 Å². The number of halogens is 1. The maximum Gasteiger partial charge on any atom is 0.128 e. The van der Waals surface area contributed by atoms with Gasteiger partial charge in [-0.15, -0.1) is 0 Å². The van der Waals surface area contributed by atoms with Crippen LogP contribution in [0.25, 0.3) is 0 Å². The second-order valence-electron chi connectivity index (χ2n) is 3.38. The molecule has 0 amide bonds. The molecular weight excluding hydrogens is 228 g/mol. The van der Waals surface area contributed by atoms with Gasteiger partial charge in [0.1, 0.15) is 5.82 Å². The molecule has 1 aliphatic rings. The van der Waals surface area contributed by atoms with Gasteiger partial charge in [-0.2, -0.15) is 0 Å². The lowest BCUT2D eigenvalue weighted by atomic mass is 10.1. The maximum atomic E-state index is 4.38. The summed E-state index contributed by atoms with van der Waals surface area (Å²) in [5, 5.41) is 0. The molecule has 1 aromatic heterocycles. The van der Waals surface area contributed by atoms with E-state index in [2.05, 4.69) is 37.9 Å². The predicted molar refractivity (Wildman–Crippen MR) is 58.0 cm³/mol. The lowest BCUT2D eigenvalue weighted by Crippen LogP contribution is -2.29. The third-order valence-electron chi connectivity index (χ3n) is 2.39. The molecule has 2 nitrogen and oxygen atoms in total. The molecule has 1 aromatic rings. The van der Waals surface area contributed by atoms with Crippen LogP contribution in [-0.4, -0.2) is 18.1 Å². The minimum Gasteiger partial charge on any atom is -0.357 e. The quantitative estimate of drug-likeness (QED) is 0.751. The number of aromatic nitrogens is 1. The van der Waals surface area contributed by atoms with Gasteiger partial charge in [-0.3, -0.25) is 0 Å². The summed E-state index contributed by atoms with van der Waals surface area (Å²) in [5.74, 6) is 1.11. The lowest BCUT2D eigenvalue weighted by Gasteiger charge is -2.27. The van der Waals surface area contributed by atoms with E-state index in [1.54, 1.807) is 0 Å². The van der Waals surface area contributed by atoms with Crippen molar-refractivity contribution in [3.63, 3.8) is 0 Å². The Balaban J connectivity index is 2.10. The number of hydrogen-bond donors (Lipinski definition) is 0. The lowest BCUT2D eigenvalue weighted by molar-refractivity contribution is 0.573. The first-order valence-corrected chi connectivity index (χ1v) is 5.52. The van der Waals surface area contributed by atoms with Crippen LogP contribution in [0.15, 0.2) is 22.8 Å². The Hall–Kier alpha value is -0.570. The first-order valence-electron chi connectivity index (χ1n) is 4.73. The molecule has 0 radical (unpaired) electrons. The van der Waals surface area contributed by atoms with E-state index in [0.717, 1.165) is 23.4 Å². The van der Waals surface area contributed by atoms with E-state index in [0.29, 0.717) is 0 Å². The zero-order chi connectivity index (χ0) is 9.10. The summed E-state index contributed by atoms with van der Waals surface area (Å²) in [6, 6.07) is 4.13. The summed E-state index contributed by atoms with van der Waals surface area (Å²) in [4.78, 5) is 6.74. The molecule has 0 bridgehead atoms. The van der Waals surface area contributed by atoms with Crippen LogP contribution in [-0.2, 0) is 0 Å². The van der Waals surface area contributed by atoms with Crippen LogP contribution in [0.4, 0.5) is 5.82 Å². The maximum absolute atomic E-state index is 4.38. The van der Waals surface area contributed by atoms with Crippen LogP contribution < -0.4 is 4.90 Å². The molecule has 0 atom stereocenters. The van der Waals surface area contributed by atoms with Crippen molar-refractivity contribution < 1.29 is 0 Å². The van der Waals surface area contributed by atoms with Crippen molar-refractivity contribution in [3.05, 3.63) is 22.8 Å². The third kappa shape index (κ3) is 2.21. The summed E-state index contributed by atoms with van der Waals surface area (Å²) in [5.41, 5.74) is 0. The summed E-state index contributed by atoms with van der Waals surface area (Å²) in [6.45, 7) is 2.32. The monoisotopic (exact) mass is 240 g/mol. The summed E-state index contributed by atoms with van der Waals surface area (Å²) >= 11 is 3.39. The minimum absolute atomic E-state index is 1.05. The van der Waals surface area contributed by atoms with Gasteiger partial charge in [0.15, 0.2) is 0 Å². The molecule has 1 fully saturated rings. The van der Waals surface area contributed by atoms with Crippen LogP contribution in [0.1, 0.15) is 19.3 Å².